The zero-order valence-corrected chi connectivity index (χ0v) is 6.26. The highest BCUT2D eigenvalue weighted by Crippen LogP contribution is 2.25. The number of rotatable bonds is 2. The SMILES string of the molecule is NNC(=O)C1=C(CO)CCC1. The number of hydrogen-bond donors (Lipinski definition) is 3. The van der Waals surface area contributed by atoms with Crippen molar-refractivity contribution in [2.75, 3.05) is 6.61 Å². The van der Waals surface area contributed by atoms with Crippen LogP contribution in [0.2, 0.25) is 0 Å². The molecule has 0 spiro atoms. The van der Waals surface area contributed by atoms with Crippen molar-refractivity contribution in [1.29, 1.82) is 0 Å². The van der Waals surface area contributed by atoms with Crippen LogP contribution in [0, 0.1) is 0 Å². The van der Waals surface area contributed by atoms with Crippen molar-refractivity contribution in [1.82, 2.24) is 5.43 Å². The Balaban J connectivity index is 2.74. The van der Waals surface area contributed by atoms with Gasteiger partial charge in [-0.1, -0.05) is 0 Å². The molecule has 0 radical (unpaired) electrons. The molecule has 0 aromatic heterocycles. The Morgan fingerprint density at radius 2 is 2.36 bits per heavy atom. The first-order valence-electron chi connectivity index (χ1n) is 3.62. The third-order valence-electron chi connectivity index (χ3n) is 1.93. The van der Waals surface area contributed by atoms with E-state index in [1.807, 2.05) is 0 Å². The predicted molar refractivity (Wildman–Crippen MR) is 40.3 cm³/mol. The van der Waals surface area contributed by atoms with Gasteiger partial charge in [-0.25, -0.2) is 5.84 Å². The lowest BCUT2D eigenvalue weighted by molar-refractivity contribution is -0.117. The molecule has 1 aliphatic carbocycles. The first-order chi connectivity index (χ1) is 5.29. The number of hydrogen-bond acceptors (Lipinski definition) is 3. The number of hydrazine groups is 1. The molecule has 4 N–H and O–H groups in total. The second kappa shape index (κ2) is 3.50. The van der Waals surface area contributed by atoms with Gasteiger partial charge in [0.25, 0.3) is 5.91 Å². The zero-order valence-electron chi connectivity index (χ0n) is 6.26. The molecule has 62 valence electrons. The molecular weight excluding hydrogens is 144 g/mol. The van der Waals surface area contributed by atoms with Crippen LogP contribution in [0.1, 0.15) is 19.3 Å². The summed E-state index contributed by atoms with van der Waals surface area (Å²) >= 11 is 0. The van der Waals surface area contributed by atoms with E-state index in [4.69, 9.17) is 10.9 Å². The standard InChI is InChI=1S/C7H12N2O2/c8-9-7(11)6-3-1-2-5(6)4-10/h10H,1-4,8H2,(H,9,11). The highest BCUT2D eigenvalue weighted by Gasteiger charge is 2.18. The summed E-state index contributed by atoms with van der Waals surface area (Å²) in [5.74, 6) is 4.70. The molecule has 0 bridgehead atoms. The molecule has 1 aliphatic rings. The summed E-state index contributed by atoms with van der Waals surface area (Å²) in [5, 5.41) is 8.80. The third kappa shape index (κ3) is 1.58. The molecule has 0 saturated heterocycles. The fourth-order valence-corrected chi connectivity index (χ4v) is 1.34. The van der Waals surface area contributed by atoms with Crippen molar-refractivity contribution in [2.45, 2.75) is 19.3 Å². The number of amides is 1. The lowest BCUT2D eigenvalue weighted by Crippen LogP contribution is -2.31. The summed E-state index contributed by atoms with van der Waals surface area (Å²) in [6, 6.07) is 0. The van der Waals surface area contributed by atoms with Gasteiger partial charge >= 0.3 is 0 Å². The number of nitrogens with two attached hydrogens (primary N) is 1. The summed E-state index contributed by atoms with van der Waals surface area (Å²) in [6.45, 7) is -0.0250. The minimum atomic E-state index is -0.258. The van der Waals surface area contributed by atoms with Gasteiger partial charge in [-0.2, -0.15) is 0 Å². The van der Waals surface area contributed by atoms with E-state index in [2.05, 4.69) is 5.43 Å². The number of aliphatic hydroxyl groups is 1. The number of carbonyl (C=O) groups is 1. The van der Waals surface area contributed by atoms with Gasteiger partial charge in [0, 0.05) is 5.57 Å². The van der Waals surface area contributed by atoms with Crippen LogP contribution in [-0.2, 0) is 4.79 Å². The zero-order chi connectivity index (χ0) is 8.27. The average molecular weight is 156 g/mol. The van der Waals surface area contributed by atoms with Crippen molar-refractivity contribution in [2.24, 2.45) is 5.84 Å². The Morgan fingerprint density at radius 3 is 2.91 bits per heavy atom. The second-order valence-corrected chi connectivity index (χ2v) is 2.57. The molecule has 1 rings (SSSR count). The summed E-state index contributed by atoms with van der Waals surface area (Å²) in [7, 11) is 0. The van der Waals surface area contributed by atoms with Crippen LogP contribution in [-0.4, -0.2) is 17.6 Å². The summed E-state index contributed by atoms with van der Waals surface area (Å²) < 4.78 is 0. The first kappa shape index (κ1) is 8.23. The van der Waals surface area contributed by atoms with Crippen LogP contribution < -0.4 is 11.3 Å². The average Bonchev–Trinajstić information content (AvgIpc) is 2.50. The van der Waals surface area contributed by atoms with E-state index < -0.39 is 0 Å². The minimum Gasteiger partial charge on any atom is -0.392 e. The maximum atomic E-state index is 11.0. The van der Waals surface area contributed by atoms with Crippen molar-refractivity contribution < 1.29 is 9.90 Å². The van der Waals surface area contributed by atoms with E-state index >= 15 is 0 Å². The van der Waals surface area contributed by atoms with Crippen LogP contribution in [0.3, 0.4) is 0 Å². The number of aliphatic hydroxyl groups excluding tert-OH is 1. The van der Waals surface area contributed by atoms with E-state index in [0.29, 0.717) is 5.57 Å². The van der Waals surface area contributed by atoms with Crippen LogP contribution in [0.25, 0.3) is 0 Å². The van der Waals surface area contributed by atoms with Gasteiger partial charge in [-0.15, -0.1) is 0 Å². The Bertz CT molecular complexity index is 199. The van der Waals surface area contributed by atoms with Gasteiger partial charge in [0.2, 0.25) is 0 Å². The van der Waals surface area contributed by atoms with E-state index in [-0.39, 0.29) is 12.5 Å². The number of carbonyl (C=O) groups excluding carboxylic acids is 1. The molecule has 0 unspecified atom stereocenters. The molecule has 0 atom stereocenters. The molecule has 4 heteroatoms. The topological polar surface area (TPSA) is 75.3 Å². The normalized spacial score (nSPS) is 17.3. The molecule has 4 nitrogen and oxygen atoms in total. The monoisotopic (exact) mass is 156 g/mol. The lowest BCUT2D eigenvalue weighted by Gasteiger charge is -2.01. The van der Waals surface area contributed by atoms with Gasteiger partial charge in [0.05, 0.1) is 6.61 Å². The van der Waals surface area contributed by atoms with E-state index in [1.54, 1.807) is 0 Å². The smallest absolute Gasteiger partial charge is 0.261 e. The van der Waals surface area contributed by atoms with Crippen molar-refractivity contribution in [3.63, 3.8) is 0 Å². The number of nitrogens with one attached hydrogen (secondary N) is 1. The molecule has 0 saturated carbocycles. The molecule has 0 aliphatic heterocycles. The summed E-state index contributed by atoms with van der Waals surface area (Å²) in [5.41, 5.74) is 3.55. The highest BCUT2D eigenvalue weighted by atomic mass is 16.3. The van der Waals surface area contributed by atoms with Crippen molar-refractivity contribution in [3.05, 3.63) is 11.1 Å². The van der Waals surface area contributed by atoms with Crippen molar-refractivity contribution >= 4 is 5.91 Å². The van der Waals surface area contributed by atoms with E-state index in [9.17, 15) is 4.79 Å². The Labute approximate surface area is 65.0 Å². The fraction of sp³-hybridized carbons (Fsp3) is 0.571. The van der Waals surface area contributed by atoms with Gasteiger partial charge in [0.1, 0.15) is 0 Å². The largest absolute Gasteiger partial charge is 0.392 e. The van der Waals surface area contributed by atoms with Crippen LogP contribution in [0.5, 0.6) is 0 Å². The predicted octanol–water partition coefficient (Wildman–Crippen LogP) is -0.551. The van der Waals surface area contributed by atoms with Crippen LogP contribution in [0.15, 0.2) is 11.1 Å². The fourth-order valence-electron chi connectivity index (χ4n) is 1.34. The van der Waals surface area contributed by atoms with Crippen molar-refractivity contribution in [3.8, 4) is 0 Å². The first-order valence-corrected chi connectivity index (χ1v) is 3.62. The third-order valence-corrected chi connectivity index (χ3v) is 1.93. The van der Waals surface area contributed by atoms with E-state index in [1.165, 1.54) is 0 Å². The van der Waals surface area contributed by atoms with Crippen LogP contribution >= 0.6 is 0 Å². The van der Waals surface area contributed by atoms with Gasteiger partial charge < -0.3 is 5.11 Å². The Kier molecular flexibility index (Phi) is 2.62. The Morgan fingerprint density at radius 1 is 1.64 bits per heavy atom. The van der Waals surface area contributed by atoms with Gasteiger partial charge in [0.15, 0.2) is 0 Å². The molecule has 0 heterocycles. The minimum absolute atomic E-state index is 0.0250. The molecular formula is C7H12N2O2. The lowest BCUT2D eigenvalue weighted by atomic mass is 10.1. The van der Waals surface area contributed by atoms with Gasteiger partial charge in [-0.3, -0.25) is 10.2 Å². The van der Waals surface area contributed by atoms with E-state index in [0.717, 1.165) is 24.8 Å². The molecule has 0 aromatic carbocycles. The summed E-state index contributed by atoms with van der Waals surface area (Å²) in [6.07, 6.45) is 2.50. The highest BCUT2D eigenvalue weighted by molar-refractivity contribution is 5.94. The maximum absolute atomic E-state index is 11.0. The quantitative estimate of drug-likeness (QED) is 0.285. The molecule has 0 aromatic rings. The molecule has 0 fully saturated rings. The molecule has 1 amide bonds. The second-order valence-electron chi connectivity index (χ2n) is 2.57. The molecule has 11 heavy (non-hydrogen) atoms. The van der Waals surface area contributed by atoms with Gasteiger partial charge in [-0.05, 0) is 24.8 Å². The Hall–Kier alpha value is -0.870. The summed E-state index contributed by atoms with van der Waals surface area (Å²) in [4.78, 5) is 11.0. The maximum Gasteiger partial charge on any atom is 0.261 e. The van der Waals surface area contributed by atoms with Crippen LogP contribution in [0.4, 0.5) is 0 Å².